The third-order valence-electron chi connectivity index (χ3n) is 4.62. The number of benzene rings is 1. The van der Waals surface area contributed by atoms with Crippen LogP contribution in [-0.2, 0) is 16.0 Å². The van der Waals surface area contributed by atoms with Gasteiger partial charge in [0.15, 0.2) is 0 Å². The summed E-state index contributed by atoms with van der Waals surface area (Å²) in [6, 6.07) is 10.0. The van der Waals surface area contributed by atoms with Crippen molar-refractivity contribution in [3.63, 3.8) is 0 Å². The van der Waals surface area contributed by atoms with E-state index in [1.165, 1.54) is 5.56 Å². The van der Waals surface area contributed by atoms with Crippen molar-refractivity contribution >= 4 is 23.6 Å². The van der Waals surface area contributed by atoms with Gasteiger partial charge in [-0.3, -0.25) is 9.59 Å². The van der Waals surface area contributed by atoms with Crippen molar-refractivity contribution in [2.24, 2.45) is 0 Å². The van der Waals surface area contributed by atoms with Gasteiger partial charge < -0.3 is 9.80 Å². The van der Waals surface area contributed by atoms with E-state index >= 15 is 0 Å². The topological polar surface area (TPSA) is 40.6 Å². The average Bonchev–Trinajstić information content (AvgIpc) is 3.27. The summed E-state index contributed by atoms with van der Waals surface area (Å²) in [5.41, 5.74) is 1.27. The molecule has 1 aromatic rings. The molecule has 2 aliphatic rings. The summed E-state index contributed by atoms with van der Waals surface area (Å²) in [6.45, 7) is 1.57. The molecule has 1 aromatic carbocycles. The van der Waals surface area contributed by atoms with Gasteiger partial charge in [-0.15, -0.1) is 11.8 Å². The fourth-order valence-corrected chi connectivity index (χ4v) is 4.31. The highest BCUT2D eigenvalue weighted by atomic mass is 32.2. The molecule has 2 heterocycles. The number of carbonyl (C=O) groups excluding carboxylic acids is 2. The van der Waals surface area contributed by atoms with Gasteiger partial charge in [-0.2, -0.15) is 0 Å². The molecule has 2 fully saturated rings. The first-order chi connectivity index (χ1) is 11.3. The largest absolute Gasteiger partial charge is 0.331 e. The van der Waals surface area contributed by atoms with Crippen LogP contribution in [0.3, 0.4) is 0 Å². The highest BCUT2D eigenvalue weighted by Gasteiger charge is 2.36. The standard InChI is InChI=1S/C18H24N2O2S/c21-17(10-4-8-15-6-2-1-3-7-15)20-11-5-9-16(20)18(22)19-12-13-23-14-19/h1-3,6-7,16H,4-5,8-14H2/t16-/m1/s1. The zero-order valence-corrected chi connectivity index (χ0v) is 14.3. The lowest BCUT2D eigenvalue weighted by Crippen LogP contribution is -2.46. The second-order valence-electron chi connectivity index (χ2n) is 6.22. The van der Waals surface area contributed by atoms with Gasteiger partial charge in [0.05, 0.1) is 5.88 Å². The van der Waals surface area contributed by atoms with E-state index in [-0.39, 0.29) is 17.9 Å². The van der Waals surface area contributed by atoms with Crippen molar-refractivity contribution in [3.8, 4) is 0 Å². The molecular formula is C18H24N2O2S. The maximum absolute atomic E-state index is 12.6. The van der Waals surface area contributed by atoms with Gasteiger partial charge in [-0.25, -0.2) is 0 Å². The zero-order chi connectivity index (χ0) is 16.1. The van der Waals surface area contributed by atoms with Crippen LogP contribution >= 0.6 is 11.8 Å². The Labute approximate surface area is 142 Å². The highest BCUT2D eigenvalue weighted by Crippen LogP contribution is 2.24. The molecule has 2 aliphatic heterocycles. The number of hydrogen-bond donors (Lipinski definition) is 0. The van der Waals surface area contributed by atoms with E-state index in [1.807, 2.05) is 28.0 Å². The van der Waals surface area contributed by atoms with E-state index in [0.29, 0.717) is 6.42 Å². The molecule has 4 nitrogen and oxygen atoms in total. The van der Waals surface area contributed by atoms with E-state index in [9.17, 15) is 9.59 Å². The van der Waals surface area contributed by atoms with Crippen LogP contribution < -0.4 is 0 Å². The van der Waals surface area contributed by atoms with Gasteiger partial charge in [-0.1, -0.05) is 30.3 Å². The Balaban J connectivity index is 1.50. The Bertz CT molecular complexity index is 543. The number of carbonyl (C=O) groups is 2. The van der Waals surface area contributed by atoms with E-state index in [4.69, 9.17) is 0 Å². The lowest BCUT2D eigenvalue weighted by Gasteiger charge is -2.27. The van der Waals surface area contributed by atoms with Gasteiger partial charge in [0.25, 0.3) is 0 Å². The van der Waals surface area contributed by atoms with Gasteiger partial charge in [0.2, 0.25) is 11.8 Å². The molecule has 0 aliphatic carbocycles. The van der Waals surface area contributed by atoms with Crippen LogP contribution in [-0.4, -0.2) is 52.4 Å². The summed E-state index contributed by atoms with van der Waals surface area (Å²) in [4.78, 5) is 28.8. The minimum Gasteiger partial charge on any atom is -0.331 e. The molecule has 0 unspecified atom stereocenters. The van der Waals surface area contributed by atoms with E-state index in [1.54, 1.807) is 11.8 Å². The first-order valence-electron chi connectivity index (χ1n) is 8.45. The monoisotopic (exact) mass is 332 g/mol. The van der Waals surface area contributed by atoms with Gasteiger partial charge in [-0.05, 0) is 31.2 Å². The van der Waals surface area contributed by atoms with Crippen LogP contribution in [0.15, 0.2) is 30.3 Å². The quantitative estimate of drug-likeness (QED) is 0.832. The molecule has 5 heteroatoms. The number of aryl methyl sites for hydroxylation is 1. The maximum atomic E-state index is 12.6. The molecule has 23 heavy (non-hydrogen) atoms. The fourth-order valence-electron chi connectivity index (χ4n) is 3.35. The fraction of sp³-hybridized carbons (Fsp3) is 0.556. The summed E-state index contributed by atoms with van der Waals surface area (Å²) in [5, 5.41) is 0. The molecule has 0 N–H and O–H groups in total. The molecule has 3 rings (SSSR count). The molecule has 0 radical (unpaired) electrons. The summed E-state index contributed by atoms with van der Waals surface area (Å²) in [7, 11) is 0. The van der Waals surface area contributed by atoms with Gasteiger partial charge >= 0.3 is 0 Å². The van der Waals surface area contributed by atoms with E-state index < -0.39 is 0 Å². The van der Waals surface area contributed by atoms with Gasteiger partial charge in [0.1, 0.15) is 6.04 Å². The number of amides is 2. The average molecular weight is 332 g/mol. The predicted octanol–water partition coefficient (Wildman–Crippen LogP) is 2.53. The Hall–Kier alpha value is -1.49. The summed E-state index contributed by atoms with van der Waals surface area (Å²) in [6.07, 6.45) is 4.07. The number of likely N-dealkylation sites (tertiary alicyclic amines) is 1. The van der Waals surface area contributed by atoms with Crippen molar-refractivity contribution in [2.75, 3.05) is 24.7 Å². The molecule has 0 aromatic heterocycles. The smallest absolute Gasteiger partial charge is 0.246 e. The van der Waals surface area contributed by atoms with Crippen LogP contribution in [0.4, 0.5) is 0 Å². The van der Waals surface area contributed by atoms with Crippen LogP contribution in [0.5, 0.6) is 0 Å². The van der Waals surface area contributed by atoms with Crippen LogP contribution in [0.25, 0.3) is 0 Å². The number of hydrogen-bond acceptors (Lipinski definition) is 3. The second kappa shape index (κ2) is 7.86. The minimum absolute atomic E-state index is 0.142. The van der Waals surface area contributed by atoms with Crippen LogP contribution in [0, 0.1) is 0 Å². The Kier molecular flexibility index (Phi) is 5.60. The van der Waals surface area contributed by atoms with Gasteiger partial charge in [0, 0.05) is 25.3 Å². The highest BCUT2D eigenvalue weighted by molar-refractivity contribution is 7.99. The Morgan fingerprint density at radius 3 is 2.74 bits per heavy atom. The summed E-state index contributed by atoms with van der Waals surface area (Å²) in [5.74, 6) is 2.10. The lowest BCUT2D eigenvalue weighted by molar-refractivity contribution is -0.143. The molecular weight excluding hydrogens is 308 g/mol. The molecule has 124 valence electrons. The van der Waals surface area contributed by atoms with Crippen molar-refractivity contribution in [3.05, 3.63) is 35.9 Å². The number of nitrogens with zero attached hydrogens (tertiary/aromatic N) is 2. The Morgan fingerprint density at radius 2 is 2.00 bits per heavy atom. The van der Waals surface area contributed by atoms with Crippen molar-refractivity contribution in [2.45, 2.75) is 38.1 Å². The normalized spacial score (nSPS) is 21.0. The first kappa shape index (κ1) is 16.4. The molecule has 1 atom stereocenters. The second-order valence-corrected chi connectivity index (χ2v) is 7.30. The molecule has 0 spiro atoms. The minimum atomic E-state index is -0.210. The SMILES string of the molecule is O=C([C@H]1CCCN1C(=O)CCCc1ccccc1)N1CCSC1. The molecule has 0 saturated carbocycles. The molecule has 2 saturated heterocycles. The third-order valence-corrected chi connectivity index (χ3v) is 5.59. The first-order valence-corrected chi connectivity index (χ1v) is 9.61. The van der Waals surface area contributed by atoms with Crippen molar-refractivity contribution < 1.29 is 9.59 Å². The van der Waals surface area contributed by atoms with E-state index in [0.717, 1.165) is 50.4 Å². The summed E-state index contributed by atoms with van der Waals surface area (Å²) >= 11 is 1.79. The predicted molar refractivity (Wildman–Crippen MR) is 93.2 cm³/mol. The molecule has 2 amide bonds. The van der Waals surface area contributed by atoms with Crippen molar-refractivity contribution in [1.29, 1.82) is 0 Å². The maximum Gasteiger partial charge on any atom is 0.246 e. The molecule has 0 bridgehead atoms. The Morgan fingerprint density at radius 1 is 1.17 bits per heavy atom. The van der Waals surface area contributed by atoms with Crippen LogP contribution in [0.2, 0.25) is 0 Å². The van der Waals surface area contributed by atoms with Crippen LogP contribution in [0.1, 0.15) is 31.2 Å². The number of thioether (sulfide) groups is 1. The lowest BCUT2D eigenvalue weighted by atomic mass is 10.1. The van der Waals surface area contributed by atoms with Crippen molar-refractivity contribution in [1.82, 2.24) is 9.80 Å². The third kappa shape index (κ3) is 4.08. The zero-order valence-electron chi connectivity index (χ0n) is 13.4. The van der Waals surface area contributed by atoms with E-state index in [2.05, 4.69) is 12.1 Å². The number of rotatable bonds is 5. The summed E-state index contributed by atoms with van der Waals surface area (Å²) < 4.78 is 0.